The first-order valence-electron chi connectivity index (χ1n) is 3.81. The second kappa shape index (κ2) is 12.8. The molecule has 0 aromatic rings. The Morgan fingerprint density at radius 3 is 1.38 bits per heavy atom. The normalized spacial score (nSPS) is 14.3. The van der Waals surface area contributed by atoms with Crippen molar-refractivity contribution in [1.82, 2.24) is 0 Å². The fraction of sp³-hybridized carbons (Fsp3) is 0.200. The summed E-state index contributed by atoms with van der Waals surface area (Å²) >= 11 is 6.32. The summed E-state index contributed by atoms with van der Waals surface area (Å²) < 4.78 is 0. The van der Waals surface area contributed by atoms with Gasteiger partial charge in [-0.1, -0.05) is 0 Å². The Morgan fingerprint density at radius 2 is 1.31 bits per heavy atom. The Morgan fingerprint density at radius 1 is 0.923 bits per heavy atom. The fourth-order valence-corrected chi connectivity index (χ4v) is 0.680. The SMILES string of the molecule is [Br][Zr+2][Br].[C-]1=CC=CC1.[C-]1=CC=CC1. The maximum absolute atomic E-state index is 3.23. The molecule has 13 heavy (non-hydrogen) atoms. The predicted octanol–water partition coefficient (Wildman–Crippen LogP) is 4.30. The number of hydrogen-bond acceptors (Lipinski definition) is 0. The summed E-state index contributed by atoms with van der Waals surface area (Å²) in [5.41, 5.74) is 0. The van der Waals surface area contributed by atoms with Crippen LogP contribution >= 0.6 is 24.4 Å². The summed E-state index contributed by atoms with van der Waals surface area (Å²) in [5, 5.41) is 0. The van der Waals surface area contributed by atoms with Crippen LogP contribution in [0.4, 0.5) is 0 Å². The van der Waals surface area contributed by atoms with E-state index < -0.39 is 0 Å². The van der Waals surface area contributed by atoms with Crippen LogP contribution in [0.2, 0.25) is 0 Å². The Labute approximate surface area is 103 Å². The molecule has 0 nitrogen and oxygen atoms in total. The Hall–Kier alpha value is 0.803. The Balaban J connectivity index is 0.000000174. The first-order valence-corrected chi connectivity index (χ1v) is 15.1. The average molecular weight is 381 g/mol. The monoisotopic (exact) mass is 378 g/mol. The summed E-state index contributed by atoms with van der Waals surface area (Å²) in [4.78, 5) is 0. The molecule has 0 spiro atoms. The first-order chi connectivity index (χ1) is 6.41. The molecule has 2 aliphatic carbocycles. The van der Waals surface area contributed by atoms with Gasteiger partial charge in [-0.2, -0.15) is 12.2 Å². The standard InChI is InChI=1S/2C5H5.2BrH.Zr/c2*1-2-4-5-3-1;;;/h2*1-3H,4H2;2*1H;/q2*-1;;;+4/p-2. The summed E-state index contributed by atoms with van der Waals surface area (Å²) in [7, 11) is 0. The van der Waals surface area contributed by atoms with Gasteiger partial charge < -0.3 is 0 Å². The second-order valence-electron chi connectivity index (χ2n) is 2.08. The van der Waals surface area contributed by atoms with E-state index in [1.165, 1.54) is 0 Å². The van der Waals surface area contributed by atoms with Gasteiger partial charge in [0, 0.05) is 0 Å². The van der Waals surface area contributed by atoms with Gasteiger partial charge in [-0.3, -0.25) is 12.2 Å². The zero-order valence-corrected chi connectivity index (χ0v) is 12.8. The minimum absolute atomic E-state index is 0.145. The van der Waals surface area contributed by atoms with Gasteiger partial charge in [0.2, 0.25) is 0 Å². The molecule has 0 saturated carbocycles. The van der Waals surface area contributed by atoms with Crippen molar-refractivity contribution in [3.63, 3.8) is 0 Å². The molecule has 0 atom stereocenters. The number of hydrogen-bond donors (Lipinski definition) is 0. The zero-order chi connectivity index (χ0) is 9.78. The largest absolute Gasteiger partial charge is 0.273 e. The van der Waals surface area contributed by atoms with E-state index in [9.17, 15) is 0 Å². The molecule has 3 heteroatoms. The third-order valence-corrected chi connectivity index (χ3v) is 1.17. The number of halogens is 2. The molecule has 0 radical (unpaired) electrons. The molecule has 0 heterocycles. The Kier molecular flexibility index (Phi) is 13.6. The van der Waals surface area contributed by atoms with Crippen LogP contribution in [0, 0.1) is 12.2 Å². The van der Waals surface area contributed by atoms with E-state index >= 15 is 0 Å². The topological polar surface area (TPSA) is 0 Å². The van der Waals surface area contributed by atoms with Crippen LogP contribution in [-0.2, 0) is 18.5 Å². The molecule has 2 rings (SSSR count). The second-order valence-corrected chi connectivity index (χ2v) is 13.4. The van der Waals surface area contributed by atoms with Gasteiger partial charge in [0.1, 0.15) is 0 Å². The fourth-order valence-electron chi connectivity index (χ4n) is 0.680. The van der Waals surface area contributed by atoms with E-state index in [0.29, 0.717) is 0 Å². The molecule has 0 saturated heterocycles. The van der Waals surface area contributed by atoms with Gasteiger partial charge in [0.05, 0.1) is 0 Å². The molecule has 0 bridgehead atoms. The van der Waals surface area contributed by atoms with Crippen LogP contribution in [0.25, 0.3) is 0 Å². The van der Waals surface area contributed by atoms with Crippen molar-refractivity contribution in [2.24, 2.45) is 0 Å². The summed E-state index contributed by atoms with van der Waals surface area (Å²) in [6.07, 6.45) is 20.0. The molecule has 2 aliphatic rings. The quantitative estimate of drug-likeness (QED) is 0.549. The van der Waals surface area contributed by atoms with Crippen molar-refractivity contribution in [3.05, 3.63) is 48.6 Å². The molecule has 0 aliphatic heterocycles. The van der Waals surface area contributed by atoms with Crippen molar-refractivity contribution < 1.29 is 18.5 Å². The number of allylic oxidation sites excluding steroid dienone is 8. The van der Waals surface area contributed by atoms with Crippen LogP contribution in [0.15, 0.2) is 36.5 Å². The predicted molar refractivity (Wildman–Crippen MR) is 61.0 cm³/mol. The molecule has 0 amide bonds. The maximum Gasteiger partial charge on any atom is -0.109 e. The third kappa shape index (κ3) is 12.8. The molecular weight excluding hydrogens is 371 g/mol. The smallest absolute Gasteiger partial charge is 0.109 e. The minimum atomic E-state index is -0.145. The van der Waals surface area contributed by atoms with Gasteiger partial charge >= 0.3 is 43.0 Å². The van der Waals surface area contributed by atoms with Gasteiger partial charge in [-0.15, -0.1) is 12.8 Å². The van der Waals surface area contributed by atoms with Crippen LogP contribution < -0.4 is 0 Å². The van der Waals surface area contributed by atoms with Crippen molar-refractivity contribution in [3.8, 4) is 0 Å². The molecular formula is C10H10Br2Zr. The van der Waals surface area contributed by atoms with Crippen molar-refractivity contribution in [1.29, 1.82) is 0 Å². The van der Waals surface area contributed by atoms with Gasteiger partial charge in [0.15, 0.2) is 0 Å². The molecule has 0 aromatic heterocycles. The maximum atomic E-state index is 3.23. The van der Waals surface area contributed by atoms with Crippen LogP contribution in [0.3, 0.4) is 0 Å². The van der Waals surface area contributed by atoms with E-state index in [0.717, 1.165) is 12.8 Å². The van der Waals surface area contributed by atoms with Crippen molar-refractivity contribution >= 4 is 24.4 Å². The van der Waals surface area contributed by atoms with E-state index in [-0.39, 0.29) is 18.5 Å². The molecule has 0 N–H and O–H groups in total. The average Bonchev–Trinajstić information content (AvgIpc) is 2.85. The van der Waals surface area contributed by atoms with Gasteiger partial charge in [-0.25, -0.2) is 24.3 Å². The summed E-state index contributed by atoms with van der Waals surface area (Å²) in [5.74, 6) is 0. The summed E-state index contributed by atoms with van der Waals surface area (Å²) in [6, 6.07) is 0. The molecule has 0 aromatic carbocycles. The third-order valence-electron chi connectivity index (χ3n) is 1.17. The van der Waals surface area contributed by atoms with Crippen molar-refractivity contribution in [2.75, 3.05) is 0 Å². The van der Waals surface area contributed by atoms with Crippen LogP contribution in [0.5, 0.6) is 0 Å². The van der Waals surface area contributed by atoms with Crippen molar-refractivity contribution in [2.45, 2.75) is 12.8 Å². The minimum Gasteiger partial charge on any atom is -0.273 e. The van der Waals surface area contributed by atoms with Gasteiger partial charge in [0.25, 0.3) is 0 Å². The molecule has 0 fully saturated rings. The first kappa shape index (κ1) is 13.8. The number of rotatable bonds is 0. The van der Waals surface area contributed by atoms with E-state index in [1.54, 1.807) is 0 Å². The summed E-state index contributed by atoms with van der Waals surface area (Å²) in [6.45, 7) is 0. The van der Waals surface area contributed by atoms with Crippen LogP contribution in [0.1, 0.15) is 12.8 Å². The zero-order valence-electron chi connectivity index (χ0n) is 7.13. The molecule has 68 valence electrons. The van der Waals surface area contributed by atoms with E-state index in [2.05, 4.69) is 48.7 Å². The van der Waals surface area contributed by atoms with E-state index in [4.69, 9.17) is 0 Å². The van der Waals surface area contributed by atoms with E-state index in [1.807, 2.05) is 24.3 Å². The van der Waals surface area contributed by atoms with Gasteiger partial charge in [-0.05, 0) is 0 Å². The van der Waals surface area contributed by atoms with Crippen LogP contribution in [-0.4, -0.2) is 0 Å². The molecule has 0 unspecified atom stereocenters. The Bertz CT molecular complexity index is 163.